The van der Waals surface area contributed by atoms with Gasteiger partial charge in [-0.2, -0.15) is 36.9 Å². The lowest BCUT2D eigenvalue weighted by Crippen LogP contribution is -2.54. The molecule has 0 atom stereocenters. The number of alkyl halides is 7. The van der Waals surface area contributed by atoms with E-state index in [2.05, 4.69) is 0 Å². The van der Waals surface area contributed by atoms with Gasteiger partial charge in [0.2, 0.25) is 5.41 Å². The molecule has 0 amide bonds. The Balaban J connectivity index is 1.75. The van der Waals surface area contributed by atoms with Crippen LogP contribution < -0.4 is 9.47 Å². The molecule has 4 aromatic carbocycles. The van der Waals surface area contributed by atoms with Crippen molar-refractivity contribution in [2.45, 2.75) is 55.9 Å². The minimum absolute atomic E-state index is 0.0301. The Kier molecular flexibility index (Phi) is 9.56. The van der Waals surface area contributed by atoms with Crippen LogP contribution >= 0.6 is 23.2 Å². The predicted molar refractivity (Wildman–Crippen MR) is 166 cm³/mol. The Hall–Kier alpha value is -4.38. The van der Waals surface area contributed by atoms with Crippen molar-refractivity contribution in [1.29, 1.82) is 10.5 Å². The first kappa shape index (κ1) is 35.5. The maximum Gasteiger partial charge on any atom is 0.411 e. The fraction of sp³-hybridized carbons (Fsp3) is 0.257. The van der Waals surface area contributed by atoms with Crippen molar-refractivity contribution in [2.75, 3.05) is 0 Å². The lowest BCUT2D eigenvalue weighted by molar-refractivity contribution is -0.288. The summed E-state index contributed by atoms with van der Waals surface area (Å²) in [6.07, 6.45) is -11.7. The first-order chi connectivity index (χ1) is 21.8. The van der Waals surface area contributed by atoms with Crippen LogP contribution in [0.3, 0.4) is 0 Å². The second-order valence-electron chi connectivity index (χ2n) is 11.5. The van der Waals surface area contributed by atoms with Crippen LogP contribution in [0.5, 0.6) is 17.2 Å². The number of ether oxygens (including phenoxy) is 2. The van der Waals surface area contributed by atoms with Crippen LogP contribution in [0.1, 0.15) is 61.1 Å². The van der Waals surface area contributed by atoms with Crippen LogP contribution in [-0.4, -0.2) is 12.4 Å². The largest absolute Gasteiger partial charge is 0.483 e. The molecule has 4 nitrogen and oxygen atoms in total. The van der Waals surface area contributed by atoms with E-state index in [4.69, 9.17) is 32.7 Å². The standard InChI is InChI=1S/C35H26Cl2F6N2O2/c1-31(2,37)27-7-6-10-30(26(27)20-45)46-23-15-11-21(12-16-23)33(34(38,39)40,35(41,42)43)22-13-17-24(18-14-22)47-32(3,4)28-8-5-9-29(36)25(28)19-44/h5-18H,1-4H3. The minimum atomic E-state index is -5.83. The van der Waals surface area contributed by atoms with Crippen LogP contribution in [0.4, 0.5) is 26.3 Å². The molecule has 0 aromatic heterocycles. The average Bonchev–Trinajstić information content (AvgIpc) is 2.97. The van der Waals surface area contributed by atoms with Gasteiger partial charge < -0.3 is 9.47 Å². The van der Waals surface area contributed by atoms with E-state index in [9.17, 15) is 36.9 Å². The molecule has 0 fully saturated rings. The van der Waals surface area contributed by atoms with Gasteiger partial charge in [-0.15, -0.1) is 11.6 Å². The molecular weight excluding hydrogens is 665 g/mol. The van der Waals surface area contributed by atoms with E-state index in [1.165, 1.54) is 12.1 Å². The Bertz CT molecular complexity index is 1830. The molecule has 0 aliphatic rings. The summed E-state index contributed by atoms with van der Waals surface area (Å²) < 4.78 is 100. The summed E-state index contributed by atoms with van der Waals surface area (Å²) in [7, 11) is 0. The third-order valence-corrected chi connectivity index (χ3v) is 8.10. The van der Waals surface area contributed by atoms with E-state index >= 15 is 0 Å². The molecule has 0 heterocycles. The van der Waals surface area contributed by atoms with Crippen LogP contribution in [0, 0.1) is 22.7 Å². The third-order valence-electron chi connectivity index (χ3n) is 7.58. The van der Waals surface area contributed by atoms with E-state index in [1.54, 1.807) is 52.0 Å². The molecule has 0 radical (unpaired) electrons. The molecule has 0 aliphatic carbocycles. The summed E-state index contributed by atoms with van der Waals surface area (Å²) in [5, 5.41) is 19.4. The number of hydrogen-bond acceptors (Lipinski definition) is 4. The Morgan fingerprint density at radius 1 is 0.617 bits per heavy atom. The molecule has 0 spiro atoms. The summed E-state index contributed by atoms with van der Waals surface area (Å²) in [5.74, 6) is -0.111. The molecule has 0 bridgehead atoms. The van der Waals surface area contributed by atoms with Gasteiger partial charge in [-0.25, -0.2) is 0 Å². The van der Waals surface area contributed by atoms with Crippen LogP contribution in [0.2, 0.25) is 5.02 Å². The number of hydrogen-bond donors (Lipinski definition) is 0. The Morgan fingerprint density at radius 2 is 1.09 bits per heavy atom. The van der Waals surface area contributed by atoms with E-state index in [1.807, 2.05) is 12.1 Å². The van der Waals surface area contributed by atoms with E-state index in [0.717, 1.165) is 24.3 Å². The van der Waals surface area contributed by atoms with Gasteiger partial charge in [-0.3, -0.25) is 0 Å². The molecule has 0 saturated carbocycles. The van der Waals surface area contributed by atoms with Gasteiger partial charge in [0.25, 0.3) is 0 Å². The first-order valence-corrected chi connectivity index (χ1v) is 14.7. The number of nitrogens with zero attached hydrogens (tertiary/aromatic N) is 2. The van der Waals surface area contributed by atoms with E-state index in [-0.39, 0.29) is 33.4 Å². The Morgan fingerprint density at radius 3 is 1.55 bits per heavy atom. The Labute approximate surface area is 277 Å². The summed E-state index contributed by atoms with van der Waals surface area (Å²) in [6.45, 7) is 6.47. The van der Waals surface area contributed by atoms with Gasteiger partial charge in [-0.05, 0) is 80.8 Å². The number of benzene rings is 4. The fourth-order valence-corrected chi connectivity index (χ4v) is 5.75. The van der Waals surface area contributed by atoms with Crippen molar-refractivity contribution in [3.8, 4) is 29.4 Å². The number of nitriles is 2. The monoisotopic (exact) mass is 690 g/mol. The van der Waals surface area contributed by atoms with Gasteiger partial charge in [-0.1, -0.05) is 60.1 Å². The molecule has 4 rings (SSSR count). The maximum absolute atomic E-state index is 14.8. The third kappa shape index (κ3) is 6.72. The van der Waals surface area contributed by atoms with Crippen molar-refractivity contribution in [2.24, 2.45) is 0 Å². The van der Waals surface area contributed by atoms with Gasteiger partial charge in [0.15, 0.2) is 0 Å². The smallest absolute Gasteiger partial charge is 0.411 e. The zero-order valence-corrected chi connectivity index (χ0v) is 26.8. The molecule has 0 unspecified atom stereocenters. The van der Waals surface area contributed by atoms with Gasteiger partial charge >= 0.3 is 12.4 Å². The highest BCUT2D eigenvalue weighted by Crippen LogP contribution is 2.56. The second-order valence-corrected chi connectivity index (χ2v) is 12.9. The molecule has 4 aromatic rings. The van der Waals surface area contributed by atoms with Gasteiger partial charge in [0, 0.05) is 5.56 Å². The van der Waals surface area contributed by atoms with Crippen LogP contribution in [-0.2, 0) is 15.9 Å². The van der Waals surface area contributed by atoms with Crippen LogP contribution in [0.15, 0.2) is 84.9 Å². The normalized spacial score (nSPS) is 12.6. The minimum Gasteiger partial charge on any atom is -0.483 e. The van der Waals surface area contributed by atoms with E-state index < -0.39 is 39.4 Å². The van der Waals surface area contributed by atoms with Crippen molar-refractivity contribution in [3.05, 3.63) is 123 Å². The zero-order valence-electron chi connectivity index (χ0n) is 25.3. The highest BCUT2D eigenvalue weighted by molar-refractivity contribution is 6.31. The van der Waals surface area contributed by atoms with Crippen molar-refractivity contribution in [1.82, 2.24) is 0 Å². The molecule has 47 heavy (non-hydrogen) atoms. The van der Waals surface area contributed by atoms with Gasteiger partial charge in [0.05, 0.1) is 21.0 Å². The summed E-state index contributed by atoms with van der Waals surface area (Å²) in [4.78, 5) is -0.960. The fourth-order valence-electron chi connectivity index (χ4n) is 5.37. The van der Waals surface area contributed by atoms with Crippen LogP contribution in [0.25, 0.3) is 0 Å². The lowest BCUT2D eigenvalue weighted by atomic mass is 9.73. The SMILES string of the molecule is CC(C)(Cl)c1cccc(Oc2ccc(C(c3ccc(OC(C)(C)c4cccc(Cl)c4C#N)cc3)(C(F)(F)F)C(F)(F)F)cc2)c1C#N. The average molecular weight is 691 g/mol. The quantitative estimate of drug-likeness (QED) is 0.136. The van der Waals surface area contributed by atoms with Crippen molar-refractivity contribution < 1.29 is 35.8 Å². The summed E-state index contributed by atoms with van der Waals surface area (Å²) >= 11 is 12.5. The maximum atomic E-state index is 14.8. The topological polar surface area (TPSA) is 66.0 Å². The molecule has 0 N–H and O–H groups in total. The lowest BCUT2D eigenvalue weighted by Gasteiger charge is -2.38. The molecule has 244 valence electrons. The highest BCUT2D eigenvalue weighted by Gasteiger charge is 2.72. The molecular formula is C35H26Cl2F6N2O2. The van der Waals surface area contributed by atoms with E-state index in [0.29, 0.717) is 35.4 Å². The van der Waals surface area contributed by atoms with Crippen molar-refractivity contribution >= 4 is 23.2 Å². The highest BCUT2D eigenvalue weighted by atomic mass is 35.5. The summed E-state index contributed by atoms with van der Waals surface area (Å²) in [6, 6.07) is 20.0. The van der Waals surface area contributed by atoms with Crippen molar-refractivity contribution in [3.63, 3.8) is 0 Å². The number of rotatable bonds is 8. The van der Waals surface area contributed by atoms with Gasteiger partial charge in [0.1, 0.15) is 35.0 Å². The zero-order chi connectivity index (χ0) is 35.0. The molecule has 0 saturated heterocycles. The molecule has 0 aliphatic heterocycles. The first-order valence-electron chi connectivity index (χ1n) is 13.9. The molecule has 12 heteroatoms. The predicted octanol–water partition coefficient (Wildman–Crippen LogP) is 11.1. The second kappa shape index (κ2) is 12.7. The number of halogens is 8. The summed E-state index contributed by atoms with van der Waals surface area (Å²) in [5.41, 5.74) is -6.86.